The van der Waals surface area contributed by atoms with Gasteiger partial charge in [-0.1, -0.05) is 209 Å². The molecule has 0 bridgehead atoms. The molecule has 3 unspecified atom stereocenters. The van der Waals surface area contributed by atoms with Gasteiger partial charge >= 0.3 is 0 Å². The normalized spacial score (nSPS) is 14.5. The standard InChI is InChI=1S/C55H103N2O6P/c1-6-8-10-12-14-16-18-20-22-24-26-27-28-29-31-33-35-37-39-41-43-45-47-49-55(59)56-53(52-63-64(60,61)62-51-50-57(3,4)5)54(58)48-46-44-42-40-38-36-34-32-30-25-23-21-19-17-15-13-11-9-7-2/h18,20,24,26,30,32,38,40,46,48,53-54,58H,6-17,19,21-23,25,27-29,31,33-37,39,41-45,47,49-52H2,1-5H3,(H-,56,59,60,61)/b20-18-,26-24-,32-30+,40-38+,48-46+. The topological polar surface area (TPSA) is 108 Å². The fraction of sp³-hybridized carbons (Fsp3) is 0.800. The van der Waals surface area contributed by atoms with Crippen molar-refractivity contribution in [3.63, 3.8) is 0 Å². The molecule has 0 aliphatic rings. The average molecular weight is 919 g/mol. The molecule has 0 saturated heterocycles. The maximum Gasteiger partial charge on any atom is 0.268 e. The first-order chi connectivity index (χ1) is 31.0. The third-order valence-electron chi connectivity index (χ3n) is 11.7. The van der Waals surface area contributed by atoms with Crippen molar-refractivity contribution in [2.45, 2.75) is 244 Å². The molecule has 0 aliphatic heterocycles. The predicted molar refractivity (Wildman–Crippen MR) is 274 cm³/mol. The molecular weight excluding hydrogens is 816 g/mol. The van der Waals surface area contributed by atoms with Crippen molar-refractivity contribution in [1.82, 2.24) is 5.32 Å². The van der Waals surface area contributed by atoms with Crippen LogP contribution in [-0.2, 0) is 18.4 Å². The van der Waals surface area contributed by atoms with Crippen LogP contribution in [0.25, 0.3) is 0 Å². The van der Waals surface area contributed by atoms with Crippen LogP contribution in [0.4, 0.5) is 0 Å². The van der Waals surface area contributed by atoms with Gasteiger partial charge in [-0.25, -0.2) is 0 Å². The second kappa shape index (κ2) is 46.3. The number of rotatable bonds is 48. The SMILES string of the molecule is CCCCCCC/C=C\C/C=C\CCCCCCCCCCCCCC(=O)NC(COP(=O)([O-])OCC[N+](C)(C)C)C(O)/C=C/CC/C=C/CC/C=C/CCCCCCCCCCC. The Morgan fingerprint density at radius 1 is 0.547 bits per heavy atom. The van der Waals surface area contributed by atoms with Crippen molar-refractivity contribution in [3.05, 3.63) is 60.8 Å². The number of hydrogen-bond donors (Lipinski definition) is 2. The molecule has 3 atom stereocenters. The van der Waals surface area contributed by atoms with Gasteiger partial charge in [0.2, 0.25) is 5.91 Å². The Morgan fingerprint density at radius 3 is 1.36 bits per heavy atom. The largest absolute Gasteiger partial charge is 0.756 e. The van der Waals surface area contributed by atoms with Crippen molar-refractivity contribution in [3.8, 4) is 0 Å². The van der Waals surface area contributed by atoms with E-state index in [2.05, 4.69) is 67.8 Å². The third kappa shape index (κ3) is 48.1. The van der Waals surface area contributed by atoms with Crippen LogP contribution in [0.3, 0.4) is 0 Å². The smallest absolute Gasteiger partial charge is 0.268 e. The molecule has 2 N–H and O–H groups in total. The van der Waals surface area contributed by atoms with Crippen molar-refractivity contribution in [1.29, 1.82) is 0 Å². The third-order valence-corrected chi connectivity index (χ3v) is 12.6. The van der Waals surface area contributed by atoms with Crippen LogP contribution in [0.5, 0.6) is 0 Å². The molecule has 0 aromatic carbocycles. The lowest BCUT2D eigenvalue weighted by Crippen LogP contribution is -2.45. The molecule has 0 spiro atoms. The van der Waals surface area contributed by atoms with Gasteiger partial charge < -0.3 is 28.8 Å². The molecule has 0 aromatic heterocycles. The number of allylic oxidation sites excluding steroid dienone is 9. The second-order valence-corrected chi connectivity index (χ2v) is 20.6. The quantitative estimate of drug-likeness (QED) is 0.0272. The number of phosphoric acid groups is 1. The summed E-state index contributed by atoms with van der Waals surface area (Å²) in [5, 5.41) is 13.8. The van der Waals surface area contributed by atoms with E-state index in [-0.39, 0.29) is 12.5 Å². The molecule has 374 valence electrons. The number of carbonyl (C=O) groups is 1. The highest BCUT2D eigenvalue weighted by atomic mass is 31.2. The number of unbranched alkanes of at least 4 members (excludes halogenated alkanes) is 27. The first-order valence-electron chi connectivity index (χ1n) is 26.7. The molecular formula is C55H103N2O6P. The number of nitrogens with zero attached hydrogens (tertiary/aromatic N) is 1. The average Bonchev–Trinajstić information content (AvgIpc) is 3.25. The molecule has 0 radical (unpaired) electrons. The Kier molecular flexibility index (Phi) is 45.0. The van der Waals surface area contributed by atoms with Crippen molar-refractivity contribution in [2.24, 2.45) is 0 Å². The lowest BCUT2D eigenvalue weighted by Gasteiger charge is -2.29. The lowest BCUT2D eigenvalue weighted by atomic mass is 10.0. The van der Waals surface area contributed by atoms with E-state index in [1.165, 1.54) is 161 Å². The number of likely N-dealkylation sites (N-methyl/N-ethyl adjacent to an activating group) is 1. The summed E-state index contributed by atoms with van der Waals surface area (Å²) in [4.78, 5) is 25.4. The molecule has 1 amide bonds. The van der Waals surface area contributed by atoms with Crippen molar-refractivity contribution >= 4 is 13.7 Å². The number of quaternary nitrogens is 1. The van der Waals surface area contributed by atoms with Gasteiger partial charge in [0, 0.05) is 6.42 Å². The number of amides is 1. The van der Waals surface area contributed by atoms with Gasteiger partial charge in [0.25, 0.3) is 7.82 Å². The molecule has 64 heavy (non-hydrogen) atoms. The van der Waals surface area contributed by atoms with Crippen LogP contribution >= 0.6 is 7.82 Å². The number of aliphatic hydroxyl groups excluding tert-OH is 1. The summed E-state index contributed by atoms with van der Waals surface area (Å²) in [6.45, 7) is 4.61. The number of hydrogen-bond acceptors (Lipinski definition) is 6. The Morgan fingerprint density at radius 2 is 0.922 bits per heavy atom. The minimum absolute atomic E-state index is 0.0110. The van der Waals surface area contributed by atoms with E-state index in [0.717, 1.165) is 51.4 Å². The van der Waals surface area contributed by atoms with Crippen LogP contribution in [0, 0.1) is 0 Å². The van der Waals surface area contributed by atoms with Crippen LogP contribution in [0.15, 0.2) is 60.8 Å². The number of carbonyl (C=O) groups excluding carboxylic acids is 1. The lowest BCUT2D eigenvalue weighted by molar-refractivity contribution is -0.870. The summed E-state index contributed by atoms with van der Waals surface area (Å²) in [6, 6.07) is -0.913. The fourth-order valence-electron chi connectivity index (χ4n) is 7.45. The molecule has 0 heterocycles. The highest BCUT2D eigenvalue weighted by Gasteiger charge is 2.23. The first-order valence-corrected chi connectivity index (χ1v) is 28.1. The first kappa shape index (κ1) is 62.2. The number of aliphatic hydroxyl groups is 1. The van der Waals surface area contributed by atoms with Gasteiger partial charge in [-0.05, 0) is 77.0 Å². The van der Waals surface area contributed by atoms with Crippen LogP contribution in [0.2, 0.25) is 0 Å². The molecule has 0 fully saturated rings. The van der Waals surface area contributed by atoms with E-state index in [0.29, 0.717) is 17.4 Å². The highest BCUT2D eigenvalue weighted by molar-refractivity contribution is 7.45. The van der Waals surface area contributed by atoms with Crippen LogP contribution < -0.4 is 10.2 Å². The van der Waals surface area contributed by atoms with E-state index >= 15 is 0 Å². The fourth-order valence-corrected chi connectivity index (χ4v) is 8.17. The predicted octanol–water partition coefficient (Wildman–Crippen LogP) is 15.1. The van der Waals surface area contributed by atoms with Crippen LogP contribution in [-0.4, -0.2) is 68.5 Å². The second-order valence-electron chi connectivity index (χ2n) is 19.2. The Hall–Kier alpha value is -1.80. The van der Waals surface area contributed by atoms with E-state index < -0.39 is 26.6 Å². The van der Waals surface area contributed by atoms with Gasteiger partial charge in [-0.3, -0.25) is 9.36 Å². The maximum absolute atomic E-state index is 12.9. The Bertz CT molecular complexity index is 1230. The minimum Gasteiger partial charge on any atom is -0.756 e. The van der Waals surface area contributed by atoms with Gasteiger partial charge in [-0.15, -0.1) is 0 Å². The zero-order valence-electron chi connectivity index (χ0n) is 42.5. The number of phosphoric ester groups is 1. The van der Waals surface area contributed by atoms with Crippen molar-refractivity contribution < 1.29 is 32.9 Å². The monoisotopic (exact) mass is 919 g/mol. The Labute approximate surface area is 396 Å². The van der Waals surface area contributed by atoms with E-state index in [1.54, 1.807) is 6.08 Å². The molecule has 0 aromatic rings. The molecule has 8 nitrogen and oxygen atoms in total. The summed E-state index contributed by atoms with van der Waals surface area (Å²) in [7, 11) is 1.23. The summed E-state index contributed by atoms with van der Waals surface area (Å²) < 4.78 is 23.3. The Balaban J connectivity index is 4.35. The zero-order chi connectivity index (χ0) is 47.1. The summed E-state index contributed by atoms with van der Waals surface area (Å²) >= 11 is 0. The minimum atomic E-state index is -4.61. The summed E-state index contributed by atoms with van der Waals surface area (Å²) in [6.07, 6.45) is 61.4. The molecule has 9 heteroatoms. The maximum atomic E-state index is 12.9. The zero-order valence-corrected chi connectivity index (χ0v) is 43.4. The van der Waals surface area contributed by atoms with Gasteiger partial charge in [0.05, 0.1) is 39.9 Å². The van der Waals surface area contributed by atoms with Crippen LogP contribution in [0.1, 0.15) is 232 Å². The molecule has 0 rings (SSSR count). The van der Waals surface area contributed by atoms with E-state index in [9.17, 15) is 19.4 Å². The van der Waals surface area contributed by atoms with Gasteiger partial charge in [0.1, 0.15) is 13.2 Å². The molecule has 0 aliphatic carbocycles. The van der Waals surface area contributed by atoms with Gasteiger partial charge in [-0.2, -0.15) is 0 Å². The summed E-state index contributed by atoms with van der Waals surface area (Å²) in [5.41, 5.74) is 0. The molecule has 0 saturated carbocycles. The van der Waals surface area contributed by atoms with Crippen molar-refractivity contribution in [2.75, 3.05) is 40.9 Å². The van der Waals surface area contributed by atoms with E-state index in [4.69, 9.17) is 9.05 Å². The summed E-state index contributed by atoms with van der Waals surface area (Å²) in [5.74, 6) is -0.214. The highest BCUT2D eigenvalue weighted by Crippen LogP contribution is 2.38. The number of nitrogens with one attached hydrogen (secondary N) is 1. The van der Waals surface area contributed by atoms with Gasteiger partial charge in [0.15, 0.2) is 0 Å². The van der Waals surface area contributed by atoms with E-state index in [1.807, 2.05) is 27.2 Å².